The molecular formula is C20H19Cl2N7OS. The lowest BCUT2D eigenvalue weighted by atomic mass is 9.95. The SMILES string of the molecule is Cc1ccc(-c2nnc(SCC(O)(Cn3cncn3)c3ccc(Cl)cc3Cl)n2N)cc1. The highest BCUT2D eigenvalue weighted by molar-refractivity contribution is 7.99. The minimum absolute atomic E-state index is 0.130. The fourth-order valence-electron chi connectivity index (χ4n) is 3.12. The summed E-state index contributed by atoms with van der Waals surface area (Å²) in [5.41, 5.74) is 1.12. The molecule has 0 aliphatic rings. The molecule has 0 spiro atoms. The van der Waals surface area contributed by atoms with Crippen molar-refractivity contribution >= 4 is 35.0 Å². The summed E-state index contributed by atoms with van der Waals surface area (Å²) in [6.07, 6.45) is 2.93. The number of nitrogens with two attached hydrogens (primary N) is 1. The van der Waals surface area contributed by atoms with Gasteiger partial charge in [0.1, 0.15) is 18.3 Å². The van der Waals surface area contributed by atoms with Crippen LogP contribution in [0.25, 0.3) is 11.4 Å². The molecule has 0 saturated carbocycles. The van der Waals surface area contributed by atoms with Crippen LogP contribution < -0.4 is 5.84 Å². The van der Waals surface area contributed by atoms with Gasteiger partial charge in [0.05, 0.1) is 6.54 Å². The number of halogens is 2. The fraction of sp³-hybridized carbons (Fsp3) is 0.200. The zero-order chi connectivity index (χ0) is 22.0. The molecule has 11 heteroatoms. The van der Waals surface area contributed by atoms with Gasteiger partial charge in [-0.25, -0.2) is 14.3 Å². The first-order chi connectivity index (χ1) is 14.9. The van der Waals surface area contributed by atoms with Crippen LogP contribution in [0.4, 0.5) is 0 Å². The summed E-state index contributed by atoms with van der Waals surface area (Å²) in [7, 11) is 0. The molecule has 3 N–H and O–H groups in total. The second kappa shape index (κ2) is 8.88. The minimum Gasteiger partial charge on any atom is -0.382 e. The number of aryl methyl sites for hydroxylation is 1. The van der Waals surface area contributed by atoms with Crippen molar-refractivity contribution in [3.05, 3.63) is 76.3 Å². The number of nitrogens with zero attached hydrogens (tertiary/aromatic N) is 6. The van der Waals surface area contributed by atoms with Crippen LogP contribution in [-0.4, -0.2) is 40.5 Å². The Morgan fingerprint density at radius 2 is 1.90 bits per heavy atom. The molecule has 31 heavy (non-hydrogen) atoms. The van der Waals surface area contributed by atoms with Crippen LogP contribution in [-0.2, 0) is 12.1 Å². The summed E-state index contributed by atoms with van der Waals surface area (Å²) in [6, 6.07) is 12.8. The average molecular weight is 476 g/mol. The predicted octanol–water partition coefficient (Wildman–Crippen LogP) is 3.55. The first-order valence-electron chi connectivity index (χ1n) is 9.26. The highest BCUT2D eigenvalue weighted by atomic mass is 35.5. The predicted molar refractivity (Wildman–Crippen MR) is 121 cm³/mol. The maximum Gasteiger partial charge on any atom is 0.210 e. The third-order valence-corrected chi connectivity index (χ3v) is 6.44. The van der Waals surface area contributed by atoms with E-state index in [1.165, 1.54) is 33.8 Å². The quantitative estimate of drug-likeness (QED) is 0.310. The van der Waals surface area contributed by atoms with Gasteiger partial charge in [0.15, 0.2) is 5.82 Å². The van der Waals surface area contributed by atoms with Gasteiger partial charge in [0.2, 0.25) is 5.16 Å². The van der Waals surface area contributed by atoms with Crippen LogP contribution in [0.2, 0.25) is 10.0 Å². The second-order valence-corrected chi connectivity index (χ2v) is 8.87. The zero-order valence-electron chi connectivity index (χ0n) is 16.5. The van der Waals surface area contributed by atoms with Gasteiger partial charge >= 0.3 is 0 Å². The van der Waals surface area contributed by atoms with E-state index in [1.807, 2.05) is 31.2 Å². The van der Waals surface area contributed by atoms with E-state index < -0.39 is 5.60 Å². The van der Waals surface area contributed by atoms with Crippen molar-refractivity contribution < 1.29 is 5.11 Å². The lowest BCUT2D eigenvalue weighted by Crippen LogP contribution is -2.35. The van der Waals surface area contributed by atoms with Crippen molar-refractivity contribution in [1.29, 1.82) is 0 Å². The maximum atomic E-state index is 11.6. The van der Waals surface area contributed by atoms with E-state index in [0.29, 0.717) is 26.6 Å². The molecule has 2 aromatic carbocycles. The maximum absolute atomic E-state index is 11.6. The Labute approximate surface area is 193 Å². The molecule has 160 valence electrons. The number of aliphatic hydroxyl groups is 1. The van der Waals surface area contributed by atoms with Crippen LogP contribution >= 0.6 is 35.0 Å². The molecule has 0 fully saturated rings. The van der Waals surface area contributed by atoms with Crippen molar-refractivity contribution in [3.8, 4) is 11.4 Å². The molecule has 2 heterocycles. The van der Waals surface area contributed by atoms with Gasteiger partial charge in [0, 0.05) is 26.9 Å². The number of rotatable bonds is 7. The molecule has 2 aromatic heterocycles. The summed E-state index contributed by atoms with van der Waals surface area (Å²) < 4.78 is 2.95. The Bertz CT molecular complexity index is 1180. The van der Waals surface area contributed by atoms with E-state index >= 15 is 0 Å². The monoisotopic (exact) mass is 475 g/mol. The summed E-state index contributed by atoms with van der Waals surface area (Å²) >= 11 is 13.7. The van der Waals surface area contributed by atoms with Crippen molar-refractivity contribution in [1.82, 2.24) is 29.6 Å². The molecular weight excluding hydrogens is 457 g/mol. The van der Waals surface area contributed by atoms with Crippen LogP contribution in [0.1, 0.15) is 11.1 Å². The zero-order valence-corrected chi connectivity index (χ0v) is 18.8. The van der Waals surface area contributed by atoms with E-state index in [0.717, 1.165) is 11.1 Å². The third kappa shape index (κ3) is 4.69. The summed E-state index contributed by atoms with van der Waals surface area (Å²) in [6.45, 7) is 2.14. The Kier molecular flexibility index (Phi) is 6.19. The van der Waals surface area contributed by atoms with Crippen LogP contribution in [0.15, 0.2) is 60.3 Å². The van der Waals surface area contributed by atoms with E-state index in [4.69, 9.17) is 29.0 Å². The topological polar surface area (TPSA) is 108 Å². The molecule has 0 aliphatic heterocycles. The van der Waals surface area contributed by atoms with Crippen LogP contribution in [0.5, 0.6) is 0 Å². The number of aromatic nitrogens is 6. The number of benzene rings is 2. The van der Waals surface area contributed by atoms with E-state index in [2.05, 4.69) is 20.3 Å². The number of hydrogen-bond donors (Lipinski definition) is 2. The van der Waals surface area contributed by atoms with Crippen molar-refractivity contribution in [2.75, 3.05) is 11.6 Å². The van der Waals surface area contributed by atoms with Crippen LogP contribution in [0, 0.1) is 6.92 Å². The Hall–Kier alpha value is -2.59. The van der Waals surface area contributed by atoms with Gasteiger partial charge in [-0.2, -0.15) is 5.10 Å². The molecule has 8 nitrogen and oxygen atoms in total. The lowest BCUT2D eigenvalue weighted by Gasteiger charge is -2.29. The Balaban J connectivity index is 1.61. The largest absolute Gasteiger partial charge is 0.382 e. The minimum atomic E-state index is -1.39. The van der Waals surface area contributed by atoms with Gasteiger partial charge in [-0.15, -0.1) is 10.2 Å². The molecule has 1 unspecified atom stereocenters. The standard InChI is InChI=1S/C20H19Cl2N7OS/c1-13-2-4-14(5-3-13)18-26-27-19(29(18)23)31-10-20(30,9-28-12-24-11-25-28)16-7-6-15(21)8-17(16)22/h2-8,11-12,30H,9-10,23H2,1H3. The van der Waals surface area contributed by atoms with Gasteiger partial charge in [-0.1, -0.05) is 70.9 Å². The van der Waals surface area contributed by atoms with Crippen molar-refractivity contribution in [2.45, 2.75) is 24.2 Å². The lowest BCUT2D eigenvalue weighted by molar-refractivity contribution is 0.0397. The highest BCUT2D eigenvalue weighted by Gasteiger charge is 2.34. The van der Waals surface area contributed by atoms with Crippen molar-refractivity contribution in [2.24, 2.45) is 0 Å². The first-order valence-corrected chi connectivity index (χ1v) is 11.0. The van der Waals surface area contributed by atoms with Crippen molar-refractivity contribution in [3.63, 3.8) is 0 Å². The summed E-state index contributed by atoms with van der Waals surface area (Å²) in [4.78, 5) is 3.95. The molecule has 4 aromatic rings. The normalized spacial score (nSPS) is 13.3. The fourth-order valence-corrected chi connectivity index (χ4v) is 4.64. The summed E-state index contributed by atoms with van der Waals surface area (Å²) in [5.74, 6) is 6.97. The number of nitrogen functional groups attached to an aromatic ring is 1. The van der Waals surface area contributed by atoms with E-state index in [9.17, 15) is 5.11 Å². The molecule has 1 atom stereocenters. The molecule has 4 rings (SSSR count). The number of thioether (sulfide) groups is 1. The average Bonchev–Trinajstić information content (AvgIpc) is 3.36. The van der Waals surface area contributed by atoms with E-state index in [-0.39, 0.29) is 12.3 Å². The molecule has 0 aliphatic carbocycles. The highest BCUT2D eigenvalue weighted by Crippen LogP contribution is 2.36. The first kappa shape index (κ1) is 21.6. The van der Waals surface area contributed by atoms with E-state index in [1.54, 1.807) is 18.2 Å². The van der Waals surface area contributed by atoms with Gasteiger partial charge in [0.25, 0.3) is 0 Å². The Morgan fingerprint density at radius 1 is 1.13 bits per heavy atom. The third-order valence-electron chi connectivity index (χ3n) is 4.74. The number of hydrogen-bond acceptors (Lipinski definition) is 7. The van der Waals surface area contributed by atoms with Crippen LogP contribution in [0.3, 0.4) is 0 Å². The van der Waals surface area contributed by atoms with Gasteiger partial charge < -0.3 is 10.9 Å². The second-order valence-electron chi connectivity index (χ2n) is 7.08. The van der Waals surface area contributed by atoms with Gasteiger partial charge in [-0.05, 0) is 19.1 Å². The summed E-state index contributed by atoms with van der Waals surface area (Å²) in [5, 5.41) is 25.4. The molecule has 0 amide bonds. The molecule has 0 radical (unpaired) electrons. The van der Waals surface area contributed by atoms with Gasteiger partial charge in [-0.3, -0.25) is 0 Å². The molecule has 0 saturated heterocycles. The Morgan fingerprint density at radius 3 is 2.58 bits per heavy atom. The molecule has 0 bridgehead atoms. The smallest absolute Gasteiger partial charge is 0.210 e.